The fourth-order valence-corrected chi connectivity index (χ4v) is 2.58. The van der Waals surface area contributed by atoms with Crippen molar-refractivity contribution in [1.82, 2.24) is 10.3 Å². The Morgan fingerprint density at radius 2 is 1.90 bits per heavy atom. The summed E-state index contributed by atoms with van der Waals surface area (Å²) in [7, 11) is 0. The van der Waals surface area contributed by atoms with Crippen molar-refractivity contribution >= 4 is 11.6 Å². The quantitative estimate of drug-likeness (QED) is 0.937. The highest BCUT2D eigenvalue weighted by molar-refractivity contribution is 5.94. The Labute approximate surface area is 124 Å². The van der Waals surface area contributed by atoms with Crippen LogP contribution in [0.4, 0.5) is 5.69 Å². The van der Waals surface area contributed by atoms with Crippen LogP contribution in [-0.2, 0) is 6.54 Å². The molecule has 0 unspecified atom stereocenters. The summed E-state index contributed by atoms with van der Waals surface area (Å²) in [6.07, 6.45) is 5.88. The molecule has 1 N–H and O–H groups in total. The van der Waals surface area contributed by atoms with Crippen LogP contribution in [0.3, 0.4) is 0 Å². The second-order valence-electron chi connectivity index (χ2n) is 5.29. The number of carbonyl (C=O) groups is 1. The predicted octanol–water partition coefficient (Wildman–Crippen LogP) is 2.61. The van der Waals surface area contributed by atoms with E-state index < -0.39 is 0 Å². The summed E-state index contributed by atoms with van der Waals surface area (Å²) in [6, 6.07) is 11.8. The second-order valence-corrected chi connectivity index (χ2v) is 5.29. The lowest BCUT2D eigenvalue weighted by molar-refractivity contribution is 0.0950. The maximum absolute atomic E-state index is 12.2. The van der Waals surface area contributed by atoms with E-state index in [1.807, 2.05) is 42.6 Å². The Balaban J connectivity index is 1.65. The van der Waals surface area contributed by atoms with Crippen molar-refractivity contribution in [2.45, 2.75) is 19.4 Å². The van der Waals surface area contributed by atoms with E-state index in [0.717, 1.165) is 24.3 Å². The van der Waals surface area contributed by atoms with E-state index in [0.29, 0.717) is 12.1 Å². The number of amides is 1. The number of carbonyl (C=O) groups excluding carboxylic acids is 1. The first-order chi connectivity index (χ1) is 10.3. The van der Waals surface area contributed by atoms with Gasteiger partial charge < -0.3 is 10.2 Å². The van der Waals surface area contributed by atoms with Gasteiger partial charge in [-0.05, 0) is 24.5 Å². The number of anilines is 1. The van der Waals surface area contributed by atoms with E-state index in [1.54, 1.807) is 6.20 Å². The Bertz CT molecular complexity index is 606. The van der Waals surface area contributed by atoms with Crippen molar-refractivity contribution in [3.8, 4) is 0 Å². The van der Waals surface area contributed by atoms with Crippen LogP contribution in [0.5, 0.6) is 0 Å². The van der Waals surface area contributed by atoms with E-state index in [2.05, 4.69) is 15.2 Å². The largest absolute Gasteiger partial charge is 0.370 e. The number of nitrogens with one attached hydrogen (secondary N) is 1. The summed E-state index contributed by atoms with van der Waals surface area (Å²) in [5.41, 5.74) is 2.75. The molecular weight excluding hydrogens is 262 g/mol. The third-order valence-electron chi connectivity index (χ3n) is 3.75. The Morgan fingerprint density at radius 3 is 2.67 bits per heavy atom. The van der Waals surface area contributed by atoms with E-state index >= 15 is 0 Å². The lowest BCUT2D eigenvalue weighted by Gasteiger charge is -2.17. The molecule has 1 amide bonds. The zero-order valence-corrected chi connectivity index (χ0v) is 12.0. The van der Waals surface area contributed by atoms with Gasteiger partial charge >= 0.3 is 0 Å². The van der Waals surface area contributed by atoms with Crippen LogP contribution in [0.1, 0.15) is 28.8 Å². The van der Waals surface area contributed by atoms with Crippen molar-refractivity contribution in [3.63, 3.8) is 0 Å². The molecule has 1 aromatic heterocycles. The number of aromatic nitrogens is 1. The van der Waals surface area contributed by atoms with Crippen molar-refractivity contribution in [1.29, 1.82) is 0 Å². The third-order valence-corrected chi connectivity index (χ3v) is 3.75. The van der Waals surface area contributed by atoms with Crippen LogP contribution >= 0.6 is 0 Å². The highest BCUT2D eigenvalue weighted by Gasteiger charge is 2.14. The van der Waals surface area contributed by atoms with E-state index in [9.17, 15) is 4.79 Å². The molecule has 0 saturated carbocycles. The summed E-state index contributed by atoms with van der Waals surface area (Å²) >= 11 is 0. The molecule has 0 radical (unpaired) electrons. The van der Waals surface area contributed by atoms with E-state index in [-0.39, 0.29) is 5.91 Å². The van der Waals surface area contributed by atoms with Crippen LogP contribution in [0.15, 0.2) is 48.8 Å². The summed E-state index contributed by atoms with van der Waals surface area (Å²) in [5.74, 6) is -0.0765. The van der Waals surface area contributed by atoms with E-state index in [1.165, 1.54) is 12.8 Å². The van der Waals surface area contributed by atoms with Gasteiger partial charge in [0.25, 0.3) is 5.91 Å². The van der Waals surface area contributed by atoms with Gasteiger partial charge in [-0.25, -0.2) is 0 Å². The summed E-state index contributed by atoms with van der Waals surface area (Å²) in [6.45, 7) is 2.64. The topological polar surface area (TPSA) is 45.2 Å². The van der Waals surface area contributed by atoms with Gasteiger partial charge in [-0.2, -0.15) is 0 Å². The van der Waals surface area contributed by atoms with Crippen LogP contribution in [0.25, 0.3) is 0 Å². The number of hydrogen-bond donors (Lipinski definition) is 1. The predicted molar refractivity (Wildman–Crippen MR) is 83.3 cm³/mol. The first-order valence-corrected chi connectivity index (χ1v) is 7.35. The molecule has 1 aliphatic heterocycles. The maximum Gasteiger partial charge on any atom is 0.253 e. The number of nitrogens with zero attached hydrogens (tertiary/aromatic N) is 2. The van der Waals surface area contributed by atoms with Gasteiger partial charge in [0.2, 0.25) is 0 Å². The monoisotopic (exact) mass is 281 g/mol. The Kier molecular flexibility index (Phi) is 4.15. The first-order valence-electron chi connectivity index (χ1n) is 7.35. The van der Waals surface area contributed by atoms with Crippen molar-refractivity contribution < 1.29 is 4.79 Å². The van der Waals surface area contributed by atoms with Gasteiger partial charge in [0.1, 0.15) is 0 Å². The van der Waals surface area contributed by atoms with Crippen LogP contribution < -0.4 is 10.2 Å². The molecule has 21 heavy (non-hydrogen) atoms. The normalized spacial score (nSPS) is 14.2. The fraction of sp³-hybridized carbons (Fsp3) is 0.294. The smallest absolute Gasteiger partial charge is 0.253 e. The van der Waals surface area contributed by atoms with Gasteiger partial charge in [-0.15, -0.1) is 0 Å². The standard InChI is InChI=1S/C17H19N3O/c21-17(19-11-14-6-2-1-3-7-14)15-10-16(13-18-12-15)20-8-4-5-9-20/h1-3,6-7,10,12-13H,4-5,8-9,11H2,(H,19,21). The highest BCUT2D eigenvalue weighted by Crippen LogP contribution is 2.19. The molecule has 1 fully saturated rings. The number of benzene rings is 1. The average Bonchev–Trinajstić information content (AvgIpc) is 3.08. The van der Waals surface area contributed by atoms with Gasteiger partial charge in [0.05, 0.1) is 17.4 Å². The molecule has 1 aliphatic rings. The minimum absolute atomic E-state index is 0.0765. The molecule has 2 aromatic rings. The number of rotatable bonds is 4. The van der Waals surface area contributed by atoms with Crippen LogP contribution in [-0.4, -0.2) is 24.0 Å². The van der Waals surface area contributed by atoms with Gasteiger partial charge in [-0.3, -0.25) is 9.78 Å². The first kappa shape index (κ1) is 13.6. The summed E-state index contributed by atoms with van der Waals surface area (Å²) in [5, 5.41) is 2.94. The lowest BCUT2D eigenvalue weighted by Crippen LogP contribution is -2.24. The molecule has 1 saturated heterocycles. The molecule has 108 valence electrons. The molecule has 2 heterocycles. The van der Waals surface area contributed by atoms with Gasteiger partial charge in [0.15, 0.2) is 0 Å². The highest BCUT2D eigenvalue weighted by atomic mass is 16.1. The summed E-state index contributed by atoms with van der Waals surface area (Å²) in [4.78, 5) is 18.7. The molecule has 0 spiro atoms. The molecule has 1 aromatic carbocycles. The van der Waals surface area contributed by atoms with Crippen molar-refractivity contribution in [3.05, 3.63) is 59.9 Å². The second kappa shape index (κ2) is 6.39. The molecule has 0 atom stereocenters. The fourth-order valence-electron chi connectivity index (χ4n) is 2.58. The summed E-state index contributed by atoms with van der Waals surface area (Å²) < 4.78 is 0. The lowest BCUT2D eigenvalue weighted by atomic mass is 10.2. The third kappa shape index (κ3) is 3.40. The Morgan fingerprint density at radius 1 is 1.14 bits per heavy atom. The minimum atomic E-state index is -0.0765. The number of pyridine rings is 1. The molecule has 0 bridgehead atoms. The van der Waals surface area contributed by atoms with Crippen LogP contribution in [0, 0.1) is 0 Å². The molecule has 3 rings (SSSR count). The molecular formula is C17H19N3O. The van der Waals surface area contributed by atoms with Crippen molar-refractivity contribution in [2.24, 2.45) is 0 Å². The zero-order chi connectivity index (χ0) is 14.5. The molecule has 4 heteroatoms. The Hall–Kier alpha value is -2.36. The van der Waals surface area contributed by atoms with E-state index in [4.69, 9.17) is 0 Å². The van der Waals surface area contributed by atoms with Crippen molar-refractivity contribution in [2.75, 3.05) is 18.0 Å². The van der Waals surface area contributed by atoms with Crippen LogP contribution in [0.2, 0.25) is 0 Å². The zero-order valence-electron chi connectivity index (χ0n) is 12.0. The maximum atomic E-state index is 12.2. The van der Waals surface area contributed by atoms with Gasteiger partial charge in [0, 0.05) is 25.8 Å². The number of hydrogen-bond acceptors (Lipinski definition) is 3. The van der Waals surface area contributed by atoms with Gasteiger partial charge in [-0.1, -0.05) is 30.3 Å². The molecule has 0 aliphatic carbocycles. The minimum Gasteiger partial charge on any atom is -0.370 e. The SMILES string of the molecule is O=C(NCc1ccccc1)c1cncc(N2CCCC2)c1. The molecule has 4 nitrogen and oxygen atoms in total. The average molecular weight is 281 g/mol.